The predicted molar refractivity (Wildman–Crippen MR) is 50.7 cm³/mol. The van der Waals surface area contributed by atoms with E-state index in [1.807, 2.05) is 0 Å². The Bertz CT molecular complexity index is 415. The summed E-state index contributed by atoms with van der Waals surface area (Å²) in [4.78, 5) is 10.3. The summed E-state index contributed by atoms with van der Waals surface area (Å²) in [5, 5.41) is 17.7. The average molecular weight is 250 g/mol. The first-order valence-corrected chi connectivity index (χ1v) is 4.57. The minimum Gasteiger partial charge on any atom is -0.508 e. The molecule has 0 heterocycles. The number of aryl methyl sites for hydroxylation is 1. The number of carboxylic acids is 1. The highest BCUT2D eigenvalue weighted by atomic mass is 19.4. The minimum atomic E-state index is -4.82. The Morgan fingerprint density at radius 1 is 1.35 bits per heavy atom. The van der Waals surface area contributed by atoms with Gasteiger partial charge in [-0.25, -0.2) is 0 Å². The second-order valence-corrected chi connectivity index (χ2v) is 3.23. The van der Waals surface area contributed by atoms with Crippen LogP contribution >= 0.6 is 0 Å². The van der Waals surface area contributed by atoms with Gasteiger partial charge in [-0.2, -0.15) is 0 Å². The van der Waals surface area contributed by atoms with Gasteiger partial charge < -0.3 is 14.9 Å². The van der Waals surface area contributed by atoms with Crippen LogP contribution in [0.1, 0.15) is 12.0 Å². The van der Waals surface area contributed by atoms with Gasteiger partial charge in [0.15, 0.2) is 0 Å². The molecule has 7 heteroatoms. The number of carboxylic acid groups (broad SMARTS) is 1. The highest BCUT2D eigenvalue weighted by molar-refractivity contribution is 5.67. The van der Waals surface area contributed by atoms with E-state index < -0.39 is 18.1 Å². The molecule has 0 fully saturated rings. The number of aliphatic carboxylic acids is 1. The molecule has 94 valence electrons. The minimum absolute atomic E-state index is 0.0732. The molecule has 0 saturated heterocycles. The van der Waals surface area contributed by atoms with Gasteiger partial charge in [0.05, 0.1) is 0 Å². The van der Waals surface area contributed by atoms with Crippen LogP contribution in [0.25, 0.3) is 0 Å². The number of halogens is 3. The van der Waals surface area contributed by atoms with Crippen molar-refractivity contribution in [2.24, 2.45) is 0 Å². The van der Waals surface area contributed by atoms with Crippen molar-refractivity contribution in [3.05, 3.63) is 23.8 Å². The van der Waals surface area contributed by atoms with Crippen molar-refractivity contribution in [3.8, 4) is 11.5 Å². The number of aromatic hydroxyl groups is 1. The number of hydrogen-bond acceptors (Lipinski definition) is 3. The molecule has 17 heavy (non-hydrogen) atoms. The molecule has 0 spiro atoms. The number of phenolic OH excluding ortho intramolecular Hbond substituents is 1. The number of alkyl halides is 3. The highest BCUT2D eigenvalue weighted by Crippen LogP contribution is 2.28. The number of phenols is 1. The van der Waals surface area contributed by atoms with Crippen molar-refractivity contribution >= 4 is 5.97 Å². The molecule has 0 aliphatic heterocycles. The zero-order valence-corrected chi connectivity index (χ0v) is 8.49. The standard InChI is InChI=1S/C10H9F3O4/c11-10(12,13)17-7-2-3-8(14)6(5-7)1-4-9(15)16/h2-3,5,14H,1,4H2,(H,15,16). The molecule has 0 radical (unpaired) electrons. The summed E-state index contributed by atoms with van der Waals surface area (Å²) in [7, 11) is 0. The van der Waals surface area contributed by atoms with Crippen molar-refractivity contribution < 1.29 is 32.9 Å². The summed E-state index contributed by atoms with van der Waals surface area (Å²) < 4.78 is 39.4. The zero-order chi connectivity index (χ0) is 13.1. The first-order chi connectivity index (χ1) is 7.78. The zero-order valence-electron chi connectivity index (χ0n) is 8.49. The molecule has 1 aromatic rings. The largest absolute Gasteiger partial charge is 0.573 e. The molecule has 0 aliphatic carbocycles. The molecule has 1 rings (SSSR count). The van der Waals surface area contributed by atoms with Crippen molar-refractivity contribution in [3.63, 3.8) is 0 Å². The van der Waals surface area contributed by atoms with Crippen LogP contribution in [-0.4, -0.2) is 22.5 Å². The van der Waals surface area contributed by atoms with Gasteiger partial charge >= 0.3 is 12.3 Å². The summed E-state index contributed by atoms with van der Waals surface area (Å²) in [6.45, 7) is 0. The molecular weight excluding hydrogens is 241 g/mol. The van der Waals surface area contributed by atoms with Gasteiger partial charge in [-0.1, -0.05) is 0 Å². The van der Waals surface area contributed by atoms with E-state index in [2.05, 4.69) is 4.74 Å². The third-order valence-corrected chi connectivity index (χ3v) is 1.89. The van der Waals surface area contributed by atoms with Crippen LogP contribution in [0.2, 0.25) is 0 Å². The Kier molecular flexibility index (Phi) is 3.82. The molecule has 0 aliphatic rings. The van der Waals surface area contributed by atoms with Crippen LogP contribution in [0.5, 0.6) is 11.5 Å². The van der Waals surface area contributed by atoms with Crippen LogP contribution in [0.4, 0.5) is 13.2 Å². The first kappa shape index (κ1) is 13.1. The topological polar surface area (TPSA) is 66.8 Å². The third-order valence-electron chi connectivity index (χ3n) is 1.89. The van der Waals surface area contributed by atoms with Crippen LogP contribution in [0.15, 0.2) is 18.2 Å². The van der Waals surface area contributed by atoms with Crippen LogP contribution in [0, 0.1) is 0 Å². The smallest absolute Gasteiger partial charge is 0.508 e. The van der Waals surface area contributed by atoms with Crippen molar-refractivity contribution in [2.75, 3.05) is 0 Å². The van der Waals surface area contributed by atoms with E-state index in [4.69, 9.17) is 5.11 Å². The molecular formula is C10H9F3O4. The van der Waals surface area contributed by atoms with Gasteiger partial charge in [-0.3, -0.25) is 4.79 Å². The summed E-state index contributed by atoms with van der Waals surface area (Å²) in [6, 6.07) is 2.94. The monoisotopic (exact) mass is 250 g/mol. The fraction of sp³-hybridized carbons (Fsp3) is 0.300. The van der Waals surface area contributed by atoms with Gasteiger partial charge in [0, 0.05) is 6.42 Å². The molecule has 4 nitrogen and oxygen atoms in total. The van der Waals surface area contributed by atoms with E-state index in [1.165, 1.54) is 0 Å². The molecule has 0 aromatic heterocycles. The van der Waals surface area contributed by atoms with E-state index in [-0.39, 0.29) is 24.2 Å². The maximum atomic E-state index is 11.9. The third kappa shape index (κ3) is 4.62. The quantitative estimate of drug-likeness (QED) is 0.860. The highest BCUT2D eigenvalue weighted by Gasteiger charge is 2.31. The Hall–Kier alpha value is -1.92. The molecule has 0 atom stereocenters. The van der Waals surface area contributed by atoms with Crippen LogP contribution in [0.3, 0.4) is 0 Å². The number of rotatable bonds is 4. The van der Waals surface area contributed by atoms with Crippen LogP contribution in [-0.2, 0) is 11.2 Å². The fourth-order valence-electron chi connectivity index (χ4n) is 1.20. The van der Waals surface area contributed by atoms with Gasteiger partial charge in [0.1, 0.15) is 11.5 Å². The van der Waals surface area contributed by atoms with Crippen molar-refractivity contribution in [1.29, 1.82) is 0 Å². The lowest BCUT2D eigenvalue weighted by Crippen LogP contribution is -2.17. The maximum Gasteiger partial charge on any atom is 0.573 e. The Morgan fingerprint density at radius 2 is 2.00 bits per heavy atom. The van der Waals surface area contributed by atoms with E-state index in [0.29, 0.717) is 0 Å². The fourth-order valence-corrected chi connectivity index (χ4v) is 1.20. The van der Waals surface area contributed by atoms with Crippen molar-refractivity contribution in [1.82, 2.24) is 0 Å². The molecule has 0 bridgehead atoms. The lowest BCUT2D eigenvalue weighted by molar-refractivity contribution is -0.274. The molecule has 1 aromatic carbocycles. The lowest BCUT2D eigenvalue weighted by Gasteiger charge is -2.10. The van der Waals surface area contributed by atoms with E-state index in [1.54, 1.807) is 0 Å². The summed E-state index contributed by atoms with van der Waals surface area (Å²) >= 11 is 0. The summed E-state index contributed by atoms with van der Waals surface area (Å²) in [5.74, 6) is -1.86. The number of benzene rings is 1. The normalized spacial score (nSPS) is 11.2. The number of carbonyl (C=O) groups is 1. The molecule has 0 saturated carbocycles. The lowest BCUT2D eigenvalue weighted by atomic mass is 10.1. The number of ether oxygens (including phenoxy) is 1. The summed E-state index contributed by atoms with van der Waals surface area (Å²) in [5.41, 5.74) is 0.0918. The first-order valence-electron chi connectivity index (χ1n) is 4.57. The van der Waals surface area contributed by atoms with Gasteiger partial charge in [0.2, 0.25) is 0 Å². The van der Waals surface area contributed by atoms with Crippen LogP contribution < -0.4 is 4.74 Å². The second kappa shape index (κ2) is 4.94. The molecule has 0 unspecified atom stereocenters. The Balaban J connectivity index is 2.83. The average Bonchev–Trinajstić information content (AvgIpc) is 2.16. The second-order valence-electron chi connectivity index (χ2n) is 3.23. The van der Waals surface area contributed by atoms with Gasteiger partial charge in [0.25, 0.3) is 0 Å². The predicted octanol–water partition coefficient (Wildman–Crippen LogP) is 2.31. The molecule has 0 amide bonds. The van der Waals surface area contributed by atoms with E-state index in [9.17, 15) is 23.1 Å². The Morgan fingerprint density at radius 3 is 2.53 bits per heavy atom. The molecule has 2 N–H and O–H groups in total. The SMILES string of the molecule is O=C(O)CCc1cc(OC(F)(F)F)ccc1O. The number of hydrogen-bond donors (Lipinski definition) is 2. The van der Waals surface area contributed by atoms with E-state index >= 15 is 0 Å². The van der Waals surface area contributed by atoms with E-state index in [0.717, 1.165) is 18.2 Å². The maximum absolute atomic E-state index is 11.9. The van der Waals surface area contributed by atoms with Crippen molar-refractivity contribution in [2.45, 2.75) is 19.2 Å². The summed E-state index contributed by atoms with van der Waals surface area (Å²) in [6.07, 6.45) is -5.18. The van der Waals surface area contributed by atoms with Gasteiger partial charge in [-0.15, -0.1) is 13.2 Å². The van der Waals surface area contributed by atoms with Gasteiger partial charge in [-0.05, 0) is 30.2 Å². The Labute approximate surface area is 94.3 Å².